The predicted molar refractivity (Wildman–Crippen MR) is 73.9 cm³/mol. The lowest BCUT2D eigenvalue weighted by atomic mass is 9.80. The zero-order valence-corrected chi connectivity index (χ0v) is 12.3. The molecule has 1 heterocycles. The van der Waals surface area contributed by atoms with Crippen molar-refractivity contribution in [3.8, 4) is 0 Å². The molecular weight excluding hydrogens is 248 g/mol. The number of aryl methyl sites for hydroxylation is 2. The van der Waals surface area contributed by atoms with Gasteiger partial charge in [-0.05, 0) is 24.7 Å². The van der Waals surface area contributed by atoms with Crippen LogP contribution in [0.5, 0.6) is 0 Å². The molecule has 0 radical (unpaired) electrons. The maximum atomic E-state index is 10.5. The average molecular weight is 271 g/mol. The van der Waals surface area contributed by atoms with E-state index in [2.05, 4.69) is 12.0 Å². The minimum absolute atomic E-state index is 0.0555. The van der Waals surface area contributed by atoms with Crippen molar-refractivity contribution in [2.75, 3.05) is 0 Å². The summed E-state index contributed by atoms with van der Waals surface area (Å²) in [7, 11) is 1.91. The van der Waals surface area contributed by atoms with Crippen molar-refractivity contribution in [2.24, 2.45) is 12.5 Å². The summed E-state index contributed by atoms with van der Waals surface area (Å²) in [6.07, 6.45) is 5.81. The topological polar surface area (TPSA) is 38.0 Å². The summed E-state index contributed by atoms with van der Waals surface area (Å²) in [4.78, 5) is 0. The van der Waals surface area contributed by atoms with Gasteiger partial charge in [-0.15, -0.1) is 0 Å². The van der Waals surface area contributed by atoms with Gasteiger partial charge < -0.3 is 5.11 Å². The molecule has 3 nitrogen and oxygen atoms in total. The van der Waals surface area contributed by atoms with Gasteiger partial charge in [-0.25, -0.2) is 0 Å². The maximum Gasteiger partial charge on any atom is 0.0850 e. The lowest BCUT2D eigenvalue weighted by Crippen LogP contribution is -2.32. The molecule has 1 saturated carbocycles. The second-order valence-electron chi connectivity index (χ2n) is 5.77. The van der Waals surface area contributed by atoms with E-state index < -0.39 is 0 Å². The van der Waals surface area contributed by atoms with Gasteiger partial charge in [0.15, 0.2) is 0 Å². The van der Waals surface area contributed by atoms with Gasteiger partial charge in [0.1, 0.15) is 0 Å². The minimum atomic E-state index is -0.322. The SMILES string of the molecule is CCc1nn(C)c(CC(O)C2(C)CCCC2)c1Cl. The van der Waals surface area contributed by atoms with Gasteiger partial charge in [0.05, 0.1) is 22.5 Å². The van der Waals surface area contributed by atoms with Crippen molar-refractivity contribution in [2.45, 2.75) is 58.5 Å². The number of hydrogen-bond acceptors (Lipinski definition) is 2. The Morgan fingerprint density at radius 1 is 1.44 bits per heavy atom. The van der Waals surface area contributed by atoms with Gasteiger partial charge in [-0.2, -0.15) is 5.10 Å². The van der Waals surface area contributed by atoms with Gasteiger partial charge >= 0.3 is 0 Å². The van der Waals surface area contributed by atoms with Crippen molar-refractivity contribution in [1.82, 2.24) is 9.78 Å². The Hall–Kier alpha value is -0.540. The van der Waals surface area contributed by atoms with Crippen LogP contribution in [-0.2, 0) is 19.9 Å². The van der Waals surface area contributed by atoms with Crippen LogP contribution in [0.1, 0.15) is 50.9 Å². The second-order valence-corrected chi connectivity index (χ2v) is 6.14. The molecule has 1 aromatic heterocycles. The number of halogens is 1. The minimum Gasteiger partial charge on any atom is -0.392 e. The fourth-order valence-corrected chi connectivity index (χ4v) is 3.36. The van der Waals surface area contributed by atoms with Crippen molar-refractivity contribution in [3.63, 3.8) is 0 Å². The molecule has 1 aromatic rings. The molecule has 4 heteroatoms. The van der Waals surface area contributed by atoms with Crippen molar-refractivity contribution in [3.05, 3.63) is 16.4 Å². The Balaban J connectivity index is 2.16. The zero-order chi connectivity index (χ0) is 13.3. The molecule has 1 N–H and O–H groups in total. The van der Waals surface area contributed by atoms with Crippen LogP contribution in [0, 0.1) is 5.41 Å². The number of aromatic nitrogens is 2. The lowest BCUT2D eigenvalue weighted by Gasteiger charge is -2.30. The maximum absolute atomic E-state index is 10.5. The highest BCUT2D eigenvalue weighted by molar-refractivity contribution is 6.31. The van der Waals surface area contributed by atoms with Crippen LogP contribution in [0.3, 0.4) is 0 Å². The normalized spacial score (nSPS) is 20.3. The van der Waals surface area contributed by atoms with Gasteiger partial charge in [-0.3, -0.25) is 4.68 Å². The van der Waals surface area contributed by atoms with Crippen LogP contribution in [0.2, 0.25) is 5.02 Å². The molecule has 18 heavy (non-hydrogen) atoms. The smallest absolute Gasteiger partial charge is 0.0850 e. The average Bonchev–Trinajstić information content (AvgIpc) is 2.89. The first-order chi connectivity index (χ1) is 8.48. The van der Waals surface area contributed by atoms with E-state index in [4.69, 9.17) is 11.6 Å². The fourth-order valence-electron chi connectivity index (χ4n) is 2.99. The highest BCUT2D eigenvalue weighted by Crippen LogP contribution is 2.42. The first kappa shape index (κ1) is 13.9. The third kappa shape index (κ3) is 2.43. The first-order valence-electron chi connectivity index (χ1n) is 6.86. The molecule has 0 amide bonds. The van der Waals surface area contributed by atoms with E-state index in [9.17, 15) is 5.11 Å². The number of rotatable bonds is 4. The second kappa shape index (κ2) is 5.22. The Kier molecular flexibility index (Phi) is 4.02. The molecular formula is C14H23ClN2O. The fraction of sp³-hybridized carbons (Fsp3) is 0.786. The van der Waals surface area contributed by atoms with E-state index in [-0.39, 0.29) is 11.5 Å². The predicted octanol–water partition coefficient (Wildman–Crippen LogP) is 3.12. The Labute approximate surface area is 114 Å². The summed E-state index contributed by atoms with van der Waals surface area (Å²) >= 11 is 6.33. The number of aliphatic hydroxyl groups excluding tert-OH is 1. The molecule has 1 aliphatic rings. The summed E-state index contributed by atoms with van der Waals surface area (Å²) in [5, 5.41) is 15.6. The number of hydrogen-bond donors (Lipinski definition) is 1. The van der Waals surface area contributed by atoms with E-state index in [0.29, 0.717) is 6.42 Å². The molecule has 0 spiro atoms. The summed E-state index contributed by atoms with van der Waals surface area (Å²) < 4.78 is 1.82. The van der Waals surface area contributed by atoms with Crippen LogP contribution >= 0.6 is 11.6 Å². The lowest BCUT2D eigenvalue weighted by molar-refractivity contribution is 0.0409. The van der Waals surface area contributed by atoms with Gasteiger partial charge in [0.2, 0.25) is 0 Å². The molecule has 0 aliphatic heterocycles. The molecule has 1 unspecified atom stereocenters. The summed E-state index contributed by atoms with van der Waals surface area (Å²) in [5.41, 5.74) is 1.95. The van der Waals surface area contributed by atoms with E-state index in [0.717, 1.165) is 35.7 Å². The molecule has 1 fully saturated rings. The largest absolute Gasteiger partial charge is 0.392 e. The Bertz CT molecular complexity index is 422. The molecule has 0 aromatic carbocycles. The molecule has 0 bridgehead atoms. The number of aliphatic hydroxyl groups is 1. The molecule has 1 atom stereocenters. The number of nitrogens with zero attached hydrogens (tertiary/aromatic N) is 2. The zero-order valence-electron chi connectivity index (χ0n) is 11.5. The Morgan fingerprint density at radius 3 is 2.56 bits per heavy atom. The van der Waals surface area contributed by atoms with E-state index in [1.165, 1.54) is 12.8 Å². The quantitative estimate of drug-likeness (QED) is 0.913. The summed E-state index contributed by atoms with van der Waals surface area (Å²) in [6, 6.07) is 0. The van der Waals surface area contributed by atoms with Crippen molar-refractivity contribution >= 4 is 11.6 Å². The molecule has 0 saturated heterocycles. The van der Waals surface area contributed by atoms with Gasteiger partial charge in [-0.1, -0.05) is 38.3 Å². The summed E-state index contributed by atoms with van der Waals surface area (Å²) in [6.45, 7) is 4.24. The standard InChI is InChI=1S/C14H23ClN2O/c1-4-10-13(15)11(17(3)16-10)9-12(18)14(2)7-5-6-8-14/h12,18H,4-9H2,1-3H3. The molecule has 2 rings (SSSR count). The van der Waals surface area contributed by atoms with Crippen LogP contribution in [0.25, 0.3) is 0 Å². The Morgan fingerprint density at radius 2 is 2.06 bits per heavy atom. The summed E-state index contributed by atoms with van der Waals surface area (Å²) in [5.74, 6) is 0. The highest BCUT2D eigenvalue weighted by atomic mass is 35.5. The van der Waals surface area contributed by atoms with Crippen molar-refractivity contribution in [1.29, 1.82) is 0 Å². The third-order valence-electron chi connectivity index (χ3n) is 4.44. The van der Waals surface area contributed by atoms with Gasteiger partial charge in [0, 0.05) is 13.5 Å². The van der Waals surface area contributed by atoms with Crippen LogP contribution in [0.4, 0.5) is 0 Å². The van der Waals surface area contributed by atoms with E-state index in [1.54, 1.807) is 0 Å². The van der Waals surface area contributed by atoms with E-state index >= 15 is 0 Å². The van der Waals surface area contributed by atoms with E-state index in [1.807, 2.05) is 18.7 Å². The monoisotopic (exact) mass is 270 g/mol. The van der Waals surface area contributed by atoms with Crippen LogP contribution < -0.4 is 0 Å². The van der Waals surface area contributed by atoms with Crippen molar-refractivity contribution < 1.29 is 5.11 Å². The molecule has 102 valence electrons. The highest BCUT2D eigenvalue weighted by Gasteiger charge is 2.36. The van der Waals surface area contributed by atoms with Crippen LogP contribution in [0.15, 0.2) is 0 Å². The molecule has 1 aliphatic carbocycles. The van der Waals surface area contributed by atoms with Crippen LogP contribution in [-0.4, -0.2) is 21.0 Å². The van der Waals surface area contributed by atoms with Gasteiger partial charge in [0.25, 0.3) is 0 Å². The first-order valence-corrected chi connectivity index (χ1v) is 7.24. The third-order valence-corrected chi connectivity index (χ3v) is 4.88.